The fourth-order valence-corrected chi connectivity index (χ4v) is 3.43. The number of non-ortho nitro benzene ring substituents is 1. The van der Waals surface area contributed by atoms with Crippen LogP contribution >= 0.6 is 11.6 Å². The number of fused-ring (bicyclic) bond motifs is 1. The molecule has 4 rings (SSSR count). The Balaban J connectivity index is 1.88. The quantitative estimate of drug-likeness (QED) is 0.457. The van der Waals surface area contributed by atoms with Gasteiger partial charge in [0.05, 0.1) is 27.3 Å². The molecule has 0 heterocycles. The molecular weight excluding hydrogens is 364 g/mol. The largest absolute Gasteiger partial charge is 0.293 e. The predicted octanol–water partition coefficient (Wildman–Crippen LogP) is 5.35. The molecule has 0 radical (unpaired) electrons. The smallest absolute Gasteiger partial charge is 0.269 e. The maximum Gasteiger partial charge on any atom is 0.269 e. The van der Waals surface area contributed by atoms with Crippen LogP contribution < -0.4 is 0 Å². The van der Waals surface area contributed by atoms with Crippen LogP contribution in [-0.4, -0.2) is 16.4 Å². The summed E-state index contributed by atoms with van der Waals surface area (Å²) in [4.78, 5) is 28.2. The van der Waals surface area contributed by atoms with E-state index in [2.05, 4.69) is 0 Å². The van der Waals surface area contributed by atoms with E-state index >= 15 is 0 Å². The highest BCUT2D eigenvalue weighted by atomic mass is 35.5. The topological polar surface area (TPSA) is 72.6 Å². The summed E-state index contributed by atoms with van der Waals surface area (Å²) in [7, 11) is 0. The Morgan fingerprint density at radius 3 is 2.19 bits per heavy atom. The lowest BCUT2D eigenvalue weighted by Crippen LogP contribution is -2.13. The molecular formula is C21H13ClN2O3. The number of carbonyl (C=O) groups is 1. The first kappa shape index (κ1) is 17.1. The molecule has 0 N–H and O–H groups in total. The van der Waals surface area contributed by atoms with E-state index in [0.717, 1.165) is 5.56 Å². The SMILES string of the molecule is O=C1c2ccccc2C(=Nc2ccccc2Cl)[C@H]1c1ccc([N+](=O)[O-])cc1. The molecule has 0 amide bonds. The zero-order chi connectivity index (χ0) is 19.0. The molecule has 1 aliphatic rings. The van der Waals surface area contributed by atoms with Gasteiger partial charge in [0.15, 0.2) is 5.78 Å². The van der Waals surface area contributed by atoms with Crippen LogP contribution in [0.5, 0.6) is 0 Å². The first-order chi connectivity index (χ1) is 13.1. The summed E-state index contributed by atoms with van der Waals surface area (Å²) < 4.78 is 0. The maximum absolute atomic E-state index is 13.1. The third-order valence-corrected chi connectivity index (χ3v) is 4.85. The molecule has 0 unspecified atom stereocenters. The minimum absolute atomic E-state index is 0.0219. The number of carbonyl (C=O) groups excluding carboxylic acids is 1. The van der Waals surface area contributed by atoms with Gasteiger partial charge in [-0.3, -0.25) is 19.9 Å². The summed E-state index contributed by atoms with van der Waals surface area (Å²) in [6, 6.07) is 20.5. The molecule has 132 valence electrons. The molecule has 0 bridgehead atoms. The van der Waals surface area contributed by atoms with E-state index in [1.54, 1.807) is 30.3 Å². The molecule has 1 aliphatic carbocycles. The lowest BCUT2D eigenvalue weighted by molar-refractivity contribution is -0.384. The first-order valence-electron chi connectivity index (χ1n) is 8.27. The second kappa shape index (κ2) is 6.78. The fraction of sp³-hybridized carbons (Fsp3) is 0.0476. The number of nitro benzene ring substituents is 1. The van der Waals surface area contributed by atoms with Gasteiger partial charge in [-0.05, 0) is 17.7 Å². The first-order valence-corrected chi connectivity index (χ1v) is 8.65. The number of hydrogen-bond donors (Lipinski definition) is 0. The van der Waals surface area contributed by atoms with Crippen LogP contribution in [0.4, 0.5) is 11.4 Å². The molecule has 0 spiro atoms. The lowest BCUT2D eigenvalue weighted by atomic mass is 9.93. The van der Waals surface area contributed by atoms with Gasteiger partial charge in [-0.15, -0.1) is 0 Å². The van der Waals surface area contributed by atoms with E-state index in [-0.39, 0.29) is 11.5 Å². The highest BCUT2D eigenvalue weighted by Crippen LogP contribution is 2.37. The molecule has 1 atom stereocenters. The monoisotopic (exact) mass is 376 g/mol. The molecule has 3 aromatic rings. The van der Waals surface area contributed by atoms with Gasteiger partial charge in [0.2, 0.25) is 0 Å². The van der Waals surface area contributed by atoms with Crippen molar-refractivity contribution < 1.29 is 9.72 Å². The van der Waals surface area contributed by atoms with Gasteiger partial charge in [-0.25, -0.2) is 0 Å². The highest BCUT2D eigenvalue weighted by molar-refractivity contribution is 6.34. The van der Waals surface area contributed by atoms with Crippen LogP contribution in [0.15, 0.2) is 77.8 Å². The van der Waals surface area contributed by atoms with E-state index in [1.807, 2.05) is 30.3 Å². The summed E-state index contributed by atoms with van der Waals surface area (Å²) in [6.07, 6.45) is 0. The molecule has 0 saturated carbocycles. The molecule has 0 aliphatic heterocycles. The minimum atomic E-state index is -0.625. The fourth-order valence-electron chi connectivity index (χ4n) is 3.25. The number of Topliss-reactive ketones (excluding diaryl/α,β-unsaturated/α-hetero) is 1. The van der Waals surface area contributed by atoms with Crippen LogP contribution in [0.25, 0.3) is 0 Å². The van der Waals surface area contributed by atoms with Gasteiger partial charge in [0, 0.05) is 23.3 Å². The number of hydrogen-bond acceptors (Lipinski definition) is 4. The molecule has 27 heavy (non-hydrogen) atoms. The number of benzene rings is 3. The summed E-state index contributed by atoms with van der Waals surface area (Å²) in [6.45, 7) is 0. The van der Waals surface area contributed by atoms with Gasteiger partial charge < -0.3 is 0 Å². The zero-order valence-corrected chi connectivity index (χ0v) is 14.8. The lowest BCUT2D eigenvalue weighted by Gasteiger charge is -2.11. The Morgan fingerprint density at radius 2 is 1.52 bits per heavy atom. The second-order valence-corrected chi connectivity index (χ2v) is 6.55. The van der Waals surface area contributed by atoms with Crippen LogP contribution in [0.1, 0.15) is 27.4 Å². The predicted molar refractivity (Wildman–Crippen MR) is 104 cm³/mol. The minimum Gasteiger partial charge on any atom is -0.293 e. The van der Waals surface area contributed by atoms with E-state index < -0.39 is 10.8 Å². The number of ketones is 1. The standard InChI is InChI=1S/C21H13ClN2O3/c22-17-7-3-4-8-18(17)23-20-15-5-1-2-6-16(15)21(25)19(20)13-9-11-14(12-10-13)24(26)27/h1-12,19H/t19-/m1/s1. The Kier molecular flexibility index (Phi) is 4.30. The van der Waals surface area contributed by atoms with Gasteiger partial charge >= 0.3 is 0 Å². The van der Waals surface area contributed by atoms with Crippen molar-refractivity contribution >= 4 is 34.5 Å². The van der Waals surface area contributed by atoms with Gasteiger partial charge in [-0.2, -0.15) is 0 Å². The number of para-hydroxylation sites is 1. The molecule has 6 heteroatoms. The molecule has 0 aromatic heterocycles. The average Bonchev–Trinajstić information content (AvgIpc) is 2.96. The van der Waals surface area contributed by atoms with E-state index in [0.29, 0.717) is 27.5 Å². The summed E-state index contributed by atoms with van der Waals surface area (Å²) in [5, 5.41) is 11.4. The van der Waals surface area contributed by atoms with E-state index in [4.69, 9.17) is 16.6 Å². The van der Waals surface area contributed by atoms with Gasteiger partial charge in [-0.1, -0.05) is 60.1 Å². The Hall–Kier alpha value is -3.31. The number of halogens is 1. The zero-order valence-electron chi connectivity index (χ0n) is 14.0. The number of aliphatic imine (C=N–C) groups is 1. The Labute approximate surface area is 160 Å². The molecule has 3 aromatic carbocycles. The average molecular weight is 377 g/mol. The Bertz CT molecular complexity index is 1090. The van der Waals surface area contributed by atoms with Crippen LogP contribution in [-0.2, 0) is 0 Å². The van der Waals surface area contributed by atoms with Crippen molar-refractivity contribution in [2.75, 3.05) is 0 Å². The number of rotatable bonds is 3. The van der Waals surface area contributed by atoms with Gasteiger partial charge in [0.1, 0.15) is 0 Å². The molecule has 5 nitrogen and oxygen atoms in total. The van der Waals surface area contributed by atoms with E-state index in [1.165, 1.54) is 12.1 Å². The molecule has 0 fully saturated rings. The van der Waals surface area contributed by atoms with Crippen LogP contribution in [0.3, 0.4) is 0 Å². The van der Waals surface area contributed by atoms with Crippen molar-refractivity contribution in [2.24, 2.45) is 4.99 Å². The second-order valence-electron chi connectivity index (χ2n) is 6.14. The molecule has 0 saturated heterocycles. The number of nitro groups is 1. The Morgan fingerprint density at radius 1 is 0.889 bits per heavy atom. The summed E-state index contributed by atoms with van der Waals surface area (Å²) in [5.41, 5.74) is 3.15. The third kappa shape index (κ3) is 3.02. The van der Waals surface area contributed by atoms with Crippen molar-refractivity contribution in [3.8, 4) is 0 Å². The van der Waals surface area contributed by atoms with Crippen molar-refractivity contribution in [2.45, 2.75) is 5.92 Å². The van der Waals surface area contributed by atoms with E-state index in [9.17, 15) is 14.9 Å². The summed E-state index contributed by atoms with van der Waals surface area (Å²) >= 11 is 6.25. The van der Waals surface area contributed by atoms with Crippen molar-refractivity contribution in [1.29, 1.82) is 0 Å². The van der Waals surface area contributed by atoms with Crippen molar-refractivity contribution in [1.82, 2.24) is 0 Å². The number of nitrogens with zero attached hydrogens (tertiary/aromatic N) is 2. The van der Waals surface area contributed by atoms with Crippen LogP contribution in [0, 0.1) is 10.1 Å². The van der Waals surface area contributed by atoms with Crippen LogP contribution in [0.2, 0.25) is 5.02 Å². The summed E-state index contributed by atoms with van der Waals surface area (Å²) in [5.74, 6) is -0.704. The maximum atomic E-state index is 13.1. The van der Waals surface area contributed by atoms with Gasteiger partial charge in [0.25, 0.3) is 5.69 Å². The van der Waals surface area contributed by atoms with Crippen molar-refractivity contribution in [3.63, 3.8) is 0 Å². The highest BCUT2D eigenvalue weighted by Gasteiger charge is 2.37. The van der Waals surface area contributed by atoms with Crippen molar-refractivity contribution in [3.05, 3.63) is 105 Å². The normalized spacial score (nSPS) is 17.1. The third-order valence-electron chi connectivity index (χ3n) is 4.53.